The highest BCUT2D eigenvalue weighted by Gasteiger charge is 2.43. The highest BCUT2D eigenvalue weighted by atomic mass is 16.5. The molecule has 4 rings (SSSR count). The molecule has 1 aromatic heterocycles. The van der Waals surface area contributed by atoms with Gasteiger partial charge in [0.05, 0.1) is 38.3 Å². The Balaban J connectivity index is 1.94. The van der Waals surface area contributed by atoms with Crippen molar-refractivity contribution in [2.24, 2.45) is 0 Å². The summed E-state index contributed by atoms with van der Waals surface area (Å²) in [5.74, 6) is 1.45. The first kappa shape index (κ1) is 22.7. The van der Waals surface area contributed by atoms with Gasteiger partial charge in [-0.25, -0.2) is 0 Å². The highest BCUT2D eigenvalue weighted by Crippen LogP contribution is 2.43. The van der Waals surface area contributed by atoms with Gasteiger partial charge in [0, 0.05) is 18.2 Å². The highest BCUT2D eigenvalue weighted by molar-refractivity contribution is 5.99. The van der Waals surface area contributed by atoms with Crippen molar-refractivity contribution in [1.82, 2.24) is 9.80 Å². The number of fused-ring (bicyclic) bond motifs is 2. The molecule has 1 amide bonds. The van der Waals surface area contributed by atoms with E-state index in [0.29, 0.717) is 45.9 Å². The van der Waals surface area contributed by atoms with Gasteiger partial charge >= 0.3 is 0 Å². The lowest BCUT2D eigenvalue weighted by Crippen LogP contribution is -2.32. The van der Waals surface area contributed by atoms with Crippen molar-refractivity contribution in [3.8, 4) is 17.2 Å². The summed E-state index contributed by atoms with van der Waals surface area (Å²) in [4.78, 5) is 30.9. The summed E-state index contributed by atoms with van der Waals surface area (Å²) in [6.07, 6.45) is 0.733. The van der Waals surface area contributed by atoms with Crippen LogP contribution in [-0.2, 0) is 0 Å². The molecule has 0 radical (unpaired) electrons. The summed E-state index contributed by atoms with van der Waals surface area (Å²) in [5, 5.41) is 0.393. The molecule has 33 heavy (non-hydrogen) atoms. The van der Waals surface area contributed by atoms with Gasteiger partial charge in [-0.3, -0.25) is 9.59 Å². The molecular formula is C25H28N2O6. The van der Waals surface area contributed by atoms with Crippen molar-refractivity contribution in [1.29, 1.82) is 0 Å². The third-order valence-corrected chi connectivity index (χ3v) is 5.91. The van der Waals surface area contributed by atoms with E-state index in [0.717, 1.165) is 13.0 Å². The van der Waals surface area contributed by atoms with E-state index in [1.807, 2.05) is 20.2 Å². The van der Waals surface area contributed by atoms with Crippen LogP contribution in [-0.4, -0.2) is 64.2 Å². The number of carbonyl (C=O) groups excluding carboxylic acids is 1. The Bertz CT molecular complexity index is 1250. The lowest BCUT2D eigenvalue weighted by molar-refractivity contribution is 0.0720. The second-order valence-corrected chi connectivity index (χ2v) is 8.20. The zero-order valence-electron chi connectivity index (χ0n) is 19.5. The SMILES string of the molecule is COc1ccc(OC)c([C@@H]2c3c(oc4cc(OC)ccc4c3=O)C(=O)N2CCCN(C)C)c1. The molecule has 1 atom stereocenters. The Morgan fingerprint density at radius 1 is 0.970 bits per heavy atom. The van der Waals surface area contributed by atoms with E-state index in [4.69, 9.17) is 18.6 Å². The molecule has 1 aliphatic heterocycles. The van der Waals surface area contributed by atoms with E-state index in [1.165, 1.54) is 7.11 Å². The number of amides is 1. The van der Waals surface area contributed by atoms with Gasteiger partial charge < -0.3 is 28.4 Å². The van der Waals surface area contributed by atoms with E-state index in [9.17, 15) is 9.59 Å². The summed E-state index contributed by atoms with van der Waals surface area (Å²) in [7, 11) is 8.63. The van der Waals surface area contributed by atoms with Crippen LogP contribution in [0.15, 0.2) is 45.6 Å². The average molecular weight is 453 g/mol. The largest absolute Gasteiger partial charge is 0.497 e. The molecule has 0 aliphatic carbocycles. The van der Waals surface area contributed by atoms with Crippen LogP contribution in [0.4, 0.5) is 0 Å². The monoisotopic (exact) mass is 452 g/mol. The topological polar surface area (TPSA) is 81.4 Å². The fraction of sp³-hybridized carbons (Fsp3) is 0.360. The van der Waals surface area contributed by atoms with Crippen LogP contribution in [0, 0.1) is 0 Å². The van der Waals surface area contributed by atoms with Crippen LogP contribution < -0.4 is 19.6 Å². The molecule has 2 heterocycles. The van der Waals surface area contributed by atoms with Gasteiger partial charge in [-0.1, -0.05) is 0 Å². The fourth-order valence-corrected chi connectivity index (χ4v) is 4.29. The van der Waals surface area contributed by atoms with Crippen molar-refractivity contribution in [3.05, 3.63) is 63.5 Å². The van der Waals surface area contributed by atoms with Crippen LogP contribution in [0.3, 0.4) is 0 Å². The second-order valence-electron chi connectivity index (χ2n) is 8.20. The van der Waals surface area contributed by atoms with E-state index in [1.54, 1.807) is 49.5 Å². The van der Waals surface area contributed by atoms with Gasteiger partial charge in [-0.2, -0.15) is 0 Å². The number of nitrogens with zero attached hydrogens (tertiary/aromatic N) is 2. The van der Waals surface area contributed by atoms with Crippen molar-refractivity contribution >= 4 is 16.9 Å². The van der Waals surface area contributed by atoms with E-state index >= 15 is 0 Å². The lowest BCUT2D eigenvalue weighted by Gasteiger charge is -2.27. The standard InChI is InChI=1S/C25H28N2O6/c1-26(2)11-6-12-27-22(18-13-15(30-3)8-10-19(18)32-5)21-23(28)17-9-7-16(31-4)14-20(17)33-24(21)25(27)29/h7-10,13-14,22H,6,11-12H2,1-5H3/t22-/m1/s1. The number of hydrogen-bond acceptors (Lipinski definition) is 7. The van der Waals surface area contributed by atoms with Crippen molar-refractivity contribution < 1.29 is 23.4 Å². The molecule has 8 nitrogen and oxygen atoms in total. The van der Waals surface area contributed by atoms with Gasteiger partial charge in [-0.15, -0.1) is 0 Å². The van der Waals surface area contributed by atoms with Crippen LogP contribution in [0.1, 0.15) is 34.1 Å². The van der Waals surface area contributed by atoms with Crippen molar-refractivity contribution in [2.45, 2.75) is 12.5 Å². The molecule has 2 aromatic carbocycles. The summed E-state index contributed by atoms with van der Waals surface area (Å²) >= 11 is 0. The smallest absolute Gasteiger partial charge is 0.290 e. The van der Waals surface area contributed by atoms with Gasteiger partial charge in [0.2, 0.25) is 5.76 Å². The maximum atomic E-state index is 13.7. The van der Waals surface area contributed by atoms with Gasteiger partial charge in [0.15, 0.2) is 5.43 Å². The fourth-order valence-electron chi connectivity index (χ4n) is 4.29. The molecule has 174 valence electrons. The van der Waals surface area contributed by atoms with E-state index in [2.05, 4.69) is 4.90 Å². The summed E-state index contributed by atoms with van der Waals surface area (Å²) in [6.45, 7) is 1.24. The van der Waals surface area contributed by atoms with Crippen LogP contribution in [0.2, 0.25) is 0 Å². The second kappa shape index (κ2) is 9.15. The Morgan fingerprint density at radius 3 is 2.33 bits per heavy atom. The third kappa shape index (κ3) is 4.02. The van der Waals surface area contributed by atoms with Gasteiger partial charge in [0.1, 0.15) is 22.8 Å². The van der Waals surface area contributed by atoms with E-state index in [-0.39, 0.29) is 17.1 Å². The predicted octanol–water partition coefficient (Wildman–Crippen LogP) is 3.32. The number of methoxy groups -OCH3 is 3. The van der Waals surface area contributed by atoms with E-state index < -0.39 is 6.04 Å². The molecule has 8 heteroatoms. The van der Waals surface area contributed by atoms with Crippen molar-refractivity contribution in [3.63, 3.8) is 0 Å². The molecule has 0 fully saturated rings. The predicted molar refractivity (Wildman–Crippen MR) is 125 cm³/mol. The quantitative estimate of drug-likeness (QED) is 0.519. The average Bonchev–Trinajstić information content (AvgIpc) is 3.09. The third-order valence-electron chi connectivity index (χ3n) is 5.91. The number of ether oxygens (including phenoxy) is 3. The number of hydrogen-bond donors (Lipinski definition) is 0. The number of rotatable bonds is 8. The van der Waals surface area contributed by atoms with Crippen LogP contribution in [0.25, 0.3) is 11.0 Å². The molecule has 0 saturated carbocycles. The zero-order valence-corrected chi connectivity index (χ0v) is 19.5. The zero-order chi connectivity index (χ0) is 23.7. The van der Waals surface area contributed by atoms with Crippen molar-refractivity contribution in [2.75, 3.05) is 48.5 Å². The molecule has 0 spiro atoms. The molecule has 0 saturated heterocycles. The minimum absolute atomic E-state index is 0.0560. The number of carbonyl (C=O) groups is 1. The first-order chi connectivity index (χ1) is 15.9. The first-order valence-corrected chi connectivity index (χ1v) is 10.7. The number of benzene rings is 2. The molecular weight excluding hydrogens is 424 g/mol. The normalized spacial score (nSPS) is 15.3. The minimum atomic E-state index is -0.650. The first-order valence-electron chi connectivity index (χ1n) is 10.7. The molecule has 0 unspecified atom stereocenters. The van der Waals surface area contributed by atoms with Gasteiger partial charge in [0.25, 0.3) is 5.91 Å². The molecule has 0 N–H and O–H groups in total. The van der Waals surface area contributed by atoms with Crippen LogP contribution in [0.5, 0.6) is 17.2 Å². The Labute approximate surface area is 192 Å². The summed E-state index contributed by atoms with van der Waals surface area (Å²) in [5.41, 5.74) is 1.06. The maximum Gasteiger partial charge on any atom is 0.290 e. The molecule has 0 bridgehead atoms. The molecule has 3 aromatic rings. The van der Waals surface area contributed by atoms with Crippen LogP contribution >= 0.6 is 0 Å². The Kier molecular flexibility index (Phi) is 6.29. The Hall–Kier alpha value is -3.52. The summed E-state index contributed by atoms with van der Waals surface area (Å²) in [6, 6.07) is 9.72. The summed E-state index contributed by atoms with van der Waals surface area (Å²) < 4.78 is 22.3. The Morgan fingerprint density at radius 2 is 1.67 bits per heavy atom. The lowest BCUT2D eigenvalue weighted by atomic mass is 9.97. The maximum absolute atomic E-state index is 13.7. The minimum Gasteiger partial charge on any atom is -0.497 e. The van der Waals surface area contributed by atoms with Gasteiger partial charge in [-0.05, 0) is 57.4 Å². The molecule has 1 aliphatic rings.